The van der Waals surface area contributed by atoms with Gasteiger partial charge in [0.05, 0.1) is 49.8 Å². The highest BCUT2D eigenvalue weighted by Crippen LogP contribution is 2.45. The Bertz CT molecular complexity index is 4310. The van der Waals surface area contributed by atoms with Crippen molar-refractivity contribution >= 4 is 108 Å². The smallest absolute Gasteiger partial charge is 0.0563 e. The number of fused-ring (bicyclic) bond motifs is 9. The van der Waals surface area contributed by atoms with Crippen molar-refractivity contribution in [2.45, 2.75) is 0 Å². The highest BCUT2D eigenvalue weighted by atomic mass is 32.1. The predicted molar refractivity (Wildman–Crippen MR) is 276 cm³/mol. The summed E-state index contributed by atoms with van der Waals surface area (Å²) in [6.45, 7) is 0. The molecule has 15 aromatic rings. The number of rotatable bonds is 5. The van der Waals surface area contributed by atoms with Gasteiger partial charge in [-0.05, 0) is 109 Å². The van der Waals surface area contributed by atoms with Gasteiger partial charge in [0.25, 0.3) is 0 Å². The summed E-state index contributed by atoms with van der Waals surface area (Å²) in [5.41, 5.74) is 16.7. The van der Waals surface area contributed by atoms with Crippen LogP contribution in [0.5, 0.6) is 0 Å². The summed E-state index contributed by atoms with van der Waals surface area (Å²) >= 11 is 1.87. The van der Waals surface area contributed by atoms with Crippen LogP contribution in [0, 0.1) is 0 Å². The minimum Gasteiger partial charge on any atom is -0.309 e. The average molecular weight is 845 g/mol. The molecular formula is C60H36N4S. The quantitative estimate of drug-likeness (QED) is 0.164. The first kappa shape index (κ1) is 35.1. The van der Waals surface area contributed by atoms with Gasteiger partial charge in [0.2, 0.25) is 0 Å². The summed E-state index contributed by atoms with van der Waals surface area (Å²) in [6.07, 6.45) is 0. The number of hydrogen-bond donors (Lipinski definition) is 0. The molecule has 15 rings (SSSR count). The van der Waals surface area contributed by atoms with E-state index in [1.54, 1.807) is 0 Å². The van der Waals surface area contributed by atoms with Gasteiger partial charge in [0.1, 0.15) is 0 Å². The van der Waals surface area contributed by atoms with Crippen molar-refractivity contribution in [1.82, 2.24) is 18.3 Å². The van der Waals surface area contributed by atoms with Gasteiger partial charge >= 0.3 is 0 Å². The lowest BCUT2D eigenvalue weighted by Gasteiger charge is -2.16. The number of aromatic nitrogens is 4. The maximum Gasteiger partial charge on any atom is 0.0563 e. The zero-order valence-corrected chi connectivity index (χ0v) is 35.8. The second-order valence-corrected chi connectivity index (χ2v) is 18.4. The van der Waals surface area contributed by atoms with E-state index in [2.05, 4.69) is 237 Å². The van der Waals surface area contributed by atoms with E-state index in [1.807, 2.05) is 11.3 Å². The van der Waals surface area contributed by atoms with Gasteiger partial charge in [-0.25, -0.2) is 0 Å². The van der Waals surface area contributed by atoms with E-state index in [9.17, 15) is 0 Å². The molecule has 65 heavy (non-hydrogen) atoms. The Morgan fingerprint density at radius 2 is 0.708 bits per heavy atom. The lowest BCUT2D eigenvalue weighted by Crippen LogP contribution is -2.00. The fraction of sp³-hybridized carbons (Fsp3) is 0. The van der Waals surface area contributed by atoms with Crippen molar-refractivity contribution in [2.75, 3.05) is 0 Å². The fourth-order valence-corrected chi connectivity index (χ4v) is 12.4. The first-order valence-corrected chi connectivity index (χ1v) is 23.1. The molecular weight excluding hydrogens is 809 g/mol. The molecule has 0 aliphatic rings. The number of para-hydroxylation sites is 4. The summed E-state index contributed by atoms with van der Waals surface area (Å²) in [4.78, 5) is 0. The first-order valence-electron chi connectivity index (χ1n) is 22.3. The topological polar surface area (TPSA) is 19.7 Å². The molecule has 5 heterocycles. The number of nitrogens with zero attached hydrogens (tertiary/aromatic N) is 4. The molecule has 0 saturated heterocycles. The third kappa shape index (κ3) is 4.79. The summed E-state index contributed by atoms with van der Waals surface area (Å²) in [7, 11) is 0. The molecule has 0 amide bonds. The first-order chi connectivity index (χ1) is 32.3. The van der Waals surface area contributed by atoms with Crippen molar-refractivity contribution in [3.63, 3.8) is 0 Å². The molecule has 0 fully saturated rings. The molecule has 10 aromatic carbocycles. The monoisotopic (exact) mass is 844 g/mol. The van der Waals surface area contributed by atoms with Gasteiger partial charge in [-0.1, -0.05) is 115 Å². The lowest BCUT2D eigenvalue weighted by atomic mass is 10.0. The van der Waals surface area contributed by atoms with Gasteiger partial charge in [-0.2, -0.15) is 0 Å². The third-order valence-electron chi connectivity index (χ3n) is 13.9. The molecule has 5 aromatic heterocycles. The number of thiophene rings is 1. The van der Waals surface area contributed by atoms with Crippen LogP contribution in [0.2, 0.25) is 0 Å². The van der Waals surface area contributed by atoms with Crippen LogP contribution in [0.3, 0.4) is 0 Å². The molecule has 302 valence electrons. The van der Waals surface area contributed by atoms with Crippen molar-refractivity contribution in [1.29, 1.82) is 0 Å². The molecule has 4 nitrogen and oxygen atoms in total. The number of benzene rings is 10. The summed E-state index contributed by atoms with van der Waals surface area (Å²) in [5.74, 6) is 0. The Morgan fingerprint density at radius 1 is 0.262 bits per heavy atom. The van der Waals surface area contributed by atoms with Gasteiger partial charge in [0, 0.05) is 75.1 Å². The Morgan fingerprint density at radius 3 is 1.38 bits per heavy atom. The standard InChI is InChI=1S/C60H36N4S/c1-6-21-48(64-51-24-9-4-19-44(51)46-35-39(30-32-52(46)64)61-49-22-7-2-17-42(49)43-18-3-8-23-50(43)61)41(16-1)37-14-11-15-38(34-37)62-53-25-12-27-55-59(53)60-54(62)26-13-28-56(60)63(55)40-31-33-58-47(36-40)45-20-5-10-29-57(45)65-58/h1-36H. The van der Waals surface area contributed by atoms with Crippen LogP contribution in [0.15, 0.2) is 218 Å². The minimum absolute atomic E-state index is 1.14. The Labute approximate surface area is 376 Å². The third-order valence-corrected chi connectivity index (χ3v) is 15.1. The van der Waals surface area contributed by atoms with Gasteiger partial charge in [0.15, 0.2) is 0 Å². The van der Waals surface area contributed by atoms with E-state index in [0.717, 1.165) is 17.1 Å². The van der Waals surface area contributed by atoms with Crippen molar-refractivity contribution in [3.8, 4) is 33.9 Å². The molecule has 5 heteroatoms. The fourth-order valence-electron chi connectivity index (χ4n) is 11.3. The largest absolute Gasteiger partial charge is 0.309 e. The maximum absolute atomic E-state index is 2.47. The zero-order chi connectivity index (χ0) is 42.3. The van der Waals surface area contributed by atoms with Gasteiger partial charge in [-0.3, -0.25) is 0 Å². The van der Waals surface area contributed by atoms with Crippen LogP contribution in [0.1, 0.15) is 0 Å². The molecule has 0 spiro atoms. The minimum atomic E-state index is 1.14. The Balaban J connectivity index is 0.893. The average Bonchev–Trinajstić information content (AvgIpc) is 4.17. The second kappa shape index (κ2) is 13.1. The normalized spacial score (nSPS) is 12.3. The molecule has 0 aliphatic heterocycles. The van der Waals surface area contributed by atoms with Crippen LogP contribution >= 0.6 is 11.3 Å². The van der Waals surface area contributed by atoms with Crippen LogP contribution in [-0.2, 0) is 0 Å². The van der Waals surface area contributed by atoms with E-state index in [-0.39, 0.29) is 0 Å². The summed E-state index contributed by atoms with van der Waals surface area (Å²) in [5, 5.41) is 10.2. The van der Waals surface area contributed by atoms with E-state index in [1.165, 1.54) is 113 Å². The molecule has 0 atom stereocenters. The maximum atomic E-state index is 2.47. The molecule has 0 aliphatic carbocycles. The SMILES string of the molecule is c1cc(-c2ccccc2-n2c3ccccc3c3cc(-n4c5ccccc5c5ccccc54)ccc32)cc(-n2c3cccc4c3c3c2cccc3n4-c2ccc3sc4ccccc4c3c2)c1. The number of hydrogen-bond acceptors (Lipinski definition) is 1. The summed E-state index contributed by atoms with van der Waals surface area (Å²) in [6, 6.07) is 80.6. The Hall–Kier alpha value is -8.38. The Kier molecular flexibility index (Phi) is 7.07. The highest BCUT2D eigenvalue weighted by Gasteiger charge is 2.24. The van der Waals surface area contributed by atoms with Crippen molar-refractivity contribution in [2.24, 2.45) is 0 Å². The molecule has 0 N–H and O–H groups in total. The van der Waals surface area contributed by atoms with Gasteiger partial charge < -0.3 is 18.3 Å². The van der Waals surface area contributed by atoms with E-state index >= 15 is 0 Å². The zero-order valence-electron chi connectivity index (χ0n) is 35.0. The van der Waals surface area contributed by atoms with Crippen molar-refractivity contribution in [3.05, 3.63) is 218 Å². The summed E-state index contributed by atoms with van der Waals surface area (Å²) < 4.78 is 12.5. The van der Waals surface area contributed by atoms with Crippen LogP contribution in [-0.4, -0.2) is 18.3 Å². The van der Waals surface area contributed by atoms with Crippen LogP contribution in [0.4, 0.5) is 0 Å². The lowest BCUT2D eigenvalue weighted by molar-refractivity contribution is 1.15. The van der Waals surface area contributed by atoms with E-state index < -0.39 is 0 Å². The predicted octanol–water partition coefficient (Wildman–Crippen LogP) is 16.4. The molecule has 0 saturated carbocycles. The molecule has 0 unspecified atom stereocenters. The van der Waals surface area contributed by atoms with Gasteiger partial charge in [-0.15, -0.1) is 11.3 Å². The highest BCUT2D eigenvalue weighted by molar-refractivity contribution is 7.25. The van der Waals surface area contributed by atoms with E-state index in [0.29, 0.717) is 0 Å². The molecule has 0 radical (unpaired) electrons. The molecule has 0 bridgehead atoms. The van der Waals surface area contributed by atoms with E-state index in [4.69, 9.17) is 0 Å². The van der Waals surface area contributed by atoms with Crippen LogP contribution in [0.25, 0.3) is 130 Å². The second-order valence-electron chi connectivity index (χ2n) is 17.3. The van der Waals surface area contributed by atoms with Crippen molar-refractivity contribution < 1.29 is 0 Å². The van der Waals surface area contributed by atoms with Crippen LogP contribution < -0.4 is 0 Å².